The van der Waals surface area contributed by atoms with Gasteiger partial charge in [0.2, 0.25) is 0 Å². The maximum absolute atomic E-state index is 12.4. The first-order valence-corrected chi connectivity index (χ1v) is 14.3. The lowest BCUT2D eigenvalue weighted by atomic mass is 9.98. The Bertz CT molecular complexity index is 1440. The molecule has 0 saturated heterocycles. The Balaban J connectivity index is 1.70. The largest absolute Gasteiger partial charge is 0.493 e. The smallest absolute Gasteiger partial charge is 0.382 e. The number of benzene rings is 2. The normalized spacial score (nSPS) is 17.1. The van der Waals surface area contributed by atoms with Crippen LogP contribution in [0.25, 0.3) is 5.69 Å². The zero-order chi connectivity index (χ0) is 29.6. The molecule has 3 N–H and O–H groups in total. The molecular formula is C29H35ClN5O5S+. The number of carbonyl (C=O) groups excluding carboxylic acids is 1. The standard InChI is InChI=1S/C29H34ClN5O5S/c1-6-39-27(36)29(2,3)41-28(33-34-31)32-15-14-23-22-10-8-16-35(22)21-13-12-18(30)17-20(21)25(40-23)19-9-7-11-24(37-4)26(19)38-5/h7-13,16-17,23,25H,6,14-15H2,1-5H3,(H2,31,32,33)/p+1/t23-,25-/m1/s1. The number of methoxy groups -OCH3 is 2. The highest BCUT2D eigenvalue weighted by molar-refractivity contribution is 8.15. The van der Waals surface area contributed by atoms with Crippen LogP contribution in [0.3, 0.4) is 0 Å². The maximum atomic E-state index is 12.4. The Morgan fingerprint density at radius 3 is 2.68 bits per heavy atom. The van der Waals surface area contributed by atoms with Crippen LogP contribution in [0.15, 0.2) is 65.1 Å². The summed E-state index contributed by atoms with van der Waals surface area (Å²) in [5.41, 5.74) is 3.64. The molecule has 0 amide bonds. The third kappa shape index (κ3) is 6.69. The molecule has 0 unspecified atom stereocenters. The zero-order valence-electron chi connectivity index (χ0n) is 23.7. The summed E-state index contributed by atoms with van der Waals surface area (Å²) in [6, 6.07) is 15.5. The minimum Gasteiger partial charge on any atom is -0.493 e. The molecule has 2 atom stereocenters. The summed E-state index contributed by atoms with van der Waals surface area (Å²) in [7, 11) is 3.22. The summed E-state index contributed by atoms with van der Waals surface area (Å²) in [6.45, 7) is 6.04. The van der Waals surface area contributed by atoms with E-state index in [1.165, 1.54) is 11.8 Å². The van der Waals surface area contributed by atoms with Gasteiger partial charge in [0.1, 0.15) is 22.1 Å². The van der Waals surface area contributed by atoms with Crippen molar-refractivity contribution in [1.29, 1.82) is 0 Å². The van der Waals surface area contributed by atoms with Crippen LogP contribution in [-0.4, -0.2) is 47.8 Å². The Labute approximate surface area is 248 Å². The second kappa shape index (κ2) is 13.4. The number of hydrogen-bond donors (Lipinski definition) is 2. The number of carbonyl (C=O) groups is 1. The van der Waals surface area contributed by atoms with Gasteiger partial charge in [-0.15, -0.1) is 0 Å². The van der Waals surface area contributed by atoms with Crippen LogP contribution in [0.4, 0.5) is 0 Å². The Kier molecular flexibility index (Phi) is 9.95. The van der Waals surface area contributed by atoms with E-state index in [1.54, 1.807) is 35.0 Å². The summed E-state index contributed by atoms with van der Waals surface area (Å²) < 4.78 is 24.7. The fourth-order valence-corrected chi connectivity index (χ4v) is 5.82. The summed E-state index contributed by atoms with van der Waals surface area (Å²) in [4.78, 5) is 15.7. The molecule has 0 fully saturated rings. The highest BCUT2D eigenvalue weighted by Gasteiger charge is 2.36. The van der Waals surface area contributed by atoms with E-state index in [4.69, 9.17) is 36.4 Å². The first kappa shape index (κ1) is 30.4. The molecule has 0 spiro atoms. The third-order valence-corrected chi connectivity index (χ3v) is 7.94. The molecule has 41 heavy (non-hydrogen) atoms. The molecule has 1 aliphatic heterocycles. The molecule has 12 heteroatoms. The van der Waals surface area contributed by atoms with Crippen molar-refractivity contribution >= 4 is 34.5 Å². The van der Waals surface area contributed by atoms with E-state index in [1.807, 2.05) is 54.7 Å². The van der Waals surface area contributed by atoms with Gasteiger partial charge in [-0.1, -0.05) is 23.7 Å². The maximum Gasteiger partial charge on any atom is 0.382 e. The predicted octanol–water partition coefficient (Wildman–Crippen LogP) is 4.54. The number of halogens is 1. The van der Waals surface area contributed by atoms with Crippen molar-refractivity contribution < 1.29 is 28.7 Å². The van der Waals surface area contributed by atoms with E-state index in [0.717, 1.165) is 22.5 Å². The zero-order valence-corrected chi connectivity index (χ0v) is 25.3. The van der Waals surface area contributed by atoms with Gasteiger partial charge in [0.25, 0.3) is 0 Å². The van der Waals surface area contributed by atoms with Crippen molar-refractivity contribution in [2.75, 3.05) is 27.4 Å². The van der Waals surface area contributed by atoms with Crippen molar-refractivity contribution in [3.63, 3.8) is 0 Å². The highest BCUT2D eigenvalue weighted by atomic mass is 35.5. The Hall–Kier alpha value is -3.54. The number of ether oxygens (including phenoxy) is 4. The van der Waals surface area contributed by atoms with E-state index in [2.05, 4.69) is 19.9 Å². The van der Waals surface area contributed by atoms with Gasteiger partial charge in [-0.05, 0) is 68.9 Å². The van der Waals surface area contributed by atoms with E-state index < -0.39 is 10.9 Å². The van der Waals surface area contributed by atoms with Crippen LogP contribution < -0.4 is 20.3 Å². The number of rotatable bonds is 9. The first-order chi connectivity index (χ1) is 19.7. The second-order valence-corrected chi connectivity index (χ2v) is 11.7. The summed E-state index contributed by atoms with van der Waals surface area (Å²) in [6.07, 6.45) is 1.71. The number of nitrogens with one attached hydrogen (secondary N) is 1. The lowest BCUT2D eigenvalue weighted by Crippen LogP contribution is -2.72. The summed E-state index contributed by atoms with van der Waals surface area (Å²) in [5.74, 6) is 6.21. The third-order valence-electron chi connectivity index (χ3n) is 6.61. The Morgan fingerprint density at radius 1 is 1.17 bits per heavy atom. The van der Waals surface area contributed by atoms with Crippen molar-refractivity contribution in [1.82, 2.24) is 4.57 Å². The van der Waals surface area contributed by atoms with Crippen LogP contribution in [-0.2, 0) is 14.3 Å². The van der Waals surface area contributed by atoms with Gasteiger partial charge in [0.05, 0.1) is 38.8 Å². The van der Waals surface area contributed by atoms with Gasteiger partial charge < -0.3 is 23.5 Å². The molecule has 3 aromatic rings. The minimum absolute atomic E-state index is 0.287. The predicted molar refractivity (Wildman–Crippen MR) is 159 cm³/mol. The minimum atomic E-state index is -0.894. The molecule has 218 valence electrons. The van der Waals surface area contributed by atoms with Gasteiger partial charge >= 0.3 is 11.1 Å². The van der Waals surface area contributed by atoms with Crippen LogP contribution in [0.2, 0.25) is 5.02 Å². The van der Waals surface area contributed by atoms with E-state index >= 15 is 0 Å². The highest BCUT2D eigenvalue weighted by Crippen LogP contribution is 2.46. The monoisotopic (exact) mass is 600 g/mol. The molecule has 0 aliphatic carbocycles. The molecule has 10 nitrogen and oxygen atoms in total. The van der Waals surface area contributed by atoms with E-state index in [0.29, 0.717) is 34.7 Å². The number of esters is 1. The number of nitrogens with two attached hydrogens (primary N) is 1. The number of fused-ring (bicyclic) bond motifs is 3. The van der Waals surface area contributed by atoms with Crippen molar-refractivity contribution in [3.05, 3.63) is 76.6 Å². The van der Waals surface area contributed by atoms with Gasteiger partial charge in [0.15, 0.2) is 11.5 Å². The Morgan fingerprint density at radius 2 is 1.98 bits per heavy atom. The van der Waals surface area contributed by atoms with Crippen LogP contribution in [0.5, 0.6) is 11.5 Å². The molecule has 0 radical (unpaired) electrons. The van der Waals surface area contributed by atoms with Crippen molar-refractivity contribution in [2.45, 2.75) is 44.1 Å². The second-order valence-electron chi connectivity index (χ2n) is 9.66. The topological polar surface area (TPSA) is 124 Å². The van der Waals surface area contributed by atoms with Gasteiger partial charge in [0, 0.05) is 34.0 Å². The average molecular weight is 601 g/mol. The number of hydrogen-bond acceptors (Lipinski definition) is 7. The fourth-order valence-electron chi connectivity index (χ4n) is 4.76. The summed E-state index contributed by atoms with van der Waals surface area (Å²) >= 11 is 7.69. The first-order valence-electron chi connectivity index (χ1n) is 13.1. The van der Waals surface area contributed by atoms with Crippen molar-refractivity contribution in [3.8, 4) is 17.2 Å². The molecule has 2 aromatic carbocycles. The molecular weight excluding hydrogens is 566 g/mol. The number of aromatic nitrogens is 1. The van der Waals surface area contributed by atoms with Crippen LogP contribution in [0, 0.1) is 0 Å². The number of nitrogens with zero attached hydrogens (tertiary/aromatic N) is 3. The molecule has 4 rings (SSSR count). The lowest BCUT2D eigenvalue weighted by Gasteiger charge is -2.25. The molecule has 0 bridgehead atoms. The van der Waals surface area contributed by atoms with Crippen LogP contribution in [0.1, 0.15) is 56.2 Å². The molecule has 1 aliphatic rings. The number of amidine groups is 1. The molecule has 2 heterocycles. The lowest BCUT2D eigenvalue weighted by molar-refractivity contribution is -0.458. The number of para-hydroxylation sites is 1. The SMILES string of the molecule is CCOC(=O)C(C)(C)SC(/N=N\N)=[NH+]CC[C@H]1O[C@H](c2cccc(OC)c2OC)c2cc(Cl)ccc2-n2cccc21. The van der Waals surface area contributed by atoms with Gasteiger partial charge in [-0.2, -0.15) is 0 Å². The fraction of sp³-hybridized carbons (Fsp3) is 0.379. The molecule has 1 aromatic heterocycles. The molecule has 0 saturated carbocycles. The van der Waals surface area contributed by atoms with Crippen LogP contribution >= 0.6 is 23.4 Å². The summed E-state index contributed by atoms with van der Waals surface area (Å²) in [5, 5.41) is 8.44. The van der Waals surface area contributed by atoms with E-state index in [9.17, 15) is 4.79 Å². The van der Waals surface area contributed by atoms with Crippen molar-refractivity contribution in [2.24, 2.45) is 16.2 Å². The van der Waals surface area contributed by atoms with Gasteiger partial charge in [-0.25, -0.2) is 0 Å². The quantitative estimate of drug-likeness (QED) is 0.0923. The van der Waals surface area contributed by atoms with E-state index in [-0.39, 0.29) is 18.7 Å². The number of thioether (sulfide) groups is 1. The average Bonchev–Trinajstić information content (AvgIpc) is 3.39. The van der Waals surface area contributed by atoms with Gasteiger partial charge in [-0.3, -0.25) is 15.6 Å².